The van der Waals surface area contributed by atoms with Crippen molar-refractivity contribution in [2.24, 2.45) is 0 Å². The largest absolute Gasteiger partial charge is 0.481 e. The number of nitrogen functional groups attached to an aromatic ring is 1. The average Bonchev–Trinajstić information content (AvgIpc) is 2.36. The number of hydrogen-bond acceptors (Lipinski definition) is 3. The molecule has 3 N–H and O–H groups in total. The number of aryl methyl sites for hydroxylation is 1. The Morgan fingerprint density at radius 3 is 2.50 bits per heavy atom. The van der Waals surface area contributed by atoms with Crippen molar-refractivity contribution < 1.29 is 14.7 Å². The Kier molecular flexibility index (Phi) is 5.55. The molecule has 0 aromatic heterocycles. The molecule has 1 amide bonds. The first-order valence-electron chi connectivity index (χ1n) is 6.71. The monoisotopic (exact) mass is 278 g/mol. The van der Waals surface area contributed by atoms with E-state index in [0.29, 0.717) is 24.2 Å². The Labute approximate surface area is 119 Å². The van der Waals surface area contributed by atoms with Crippen LogP contribution in [0.5, 0.6) is 0 Å². The van der Waals surface area contributed by atoms with E-state index in [0.717, 1.165) is 5.56 Å². The maximum Gasteiger partial charge on any atom is 0.303 e. The van der Waals surface area contributed by atoms with Crippen molar-refractivity contribution in [1.29, 1.82) is 0 Å². The molecular weight excluding hydrogens is 256 g/mol. The molecule has 5 nitrogen and oxygen atoms in total. The van der Waals surface area contributed by atoms with Crippen molar-refractivity contribution in [1.82, 2.24) is 4.90 Å². The van der Waals surface area contributed by atoms with Crippen LogP contribution in [0.25, 0.3) is 0 Å². The van der Waals surface area contributed by atoms with E-state index >= 15 is 0 Å². The summed E-state index contributed by atoms with van der Waals surface area (Å²) in [6.07, 6.45) is 0.518. The number of nitrogens with zero attached hydrogens (tertiary/aromatic N) is 1. The molecule has 0 aliphatic carbocycles. The van der Waals surface area contributed by atoms with Gasteiger partial charge in [0.1, 0.15) is 0 Å². The number of benzene rings is 1. The summed E-state index contributed by atoms with van der Waals surface area (Å²) in [4.78, 5) is 24.7. The van der Waals surface area contributed by atoms with E-state index < -0.39 is 5.97 Å². The van der Waals surface area contributed by atoms with Gasteiger partial charge >= 0.3 is 5.97 Å². The maximum absolute atomic E-state index is 12.5. The van der Waals surface area contributed by atoms with Gasteiger partial charge in [0.15, 0.2) is 0 Å². The lowest BCUT2D eigenvalue weighted by Gasteiger charge is -2.27. The summed E-state index contributed by atoms with van der Waals surface area (Å²) in [5, 5.41) is 8.67. The topological polar surface area (TPSA) is 83.6 Å². The highest BCUT2D eigenvalue weighted by molar-refractivity contribution is 5.95. The summed E-state index contributed by atoms with van der Waals surface area (Å²) in [5.74, 6) is -0.932. The van der Waals surface area contributed by atoms with Gasteiger partial charge in [0.2, 0.25) is 0 Å². The van der Waals surface area contributed by atoms with Crippen molar-refractivity contribution in [2.45, 2.75) is 39.7 Å². The molecule has 0 saturated heterocycles. The van der Waals surface area contributed by atoms with Crippen molar-refractivity contribution >= 4 is 17.6 Å². The Morgan fingerprint density at radius 1 is 1.35 bits per heavy atom. The van der Waals surface area contributed by atoms with E-state index in [2.05, 4.69) is 0 Å². The molecule has 0 aliphatic rings. The lowest BCUT2D eigenvalue weighted by atomic mass is 10.1. The normalized spacial score (nSPS) is 10.6. The molecule has 1 aromatic carbocycles. The van der Waals surface area contributed by atoms with Gasteiger partial charge in [0.25, 0.3) is 5.91 Å². The predicted octanol–water partition coefficient (Wildman–Crippen LogP) is 2.29. The van der Waals surface area contributed by atoms with Gasteiger partial charge in [-0.05, 0) is 51.0 Å². The van der Waals surface area contributed by atoms with Crippen LogP contribution in [-0.2, 0) is 4.79 Å². The first kappa shape index (κ1) is 16.0. The molecule has 0 heterocycles. The van der Waals surface area contributed by atoms with Crippen molar-refractivity contribution in [3.05, 3.63) is 29.3 Å². The lowest BCUT2D eigenvalue weighted by Crippen LogP contribution is -2.38. The van der Waals surface area contributed by atoms with E-state index in [1.54, 1.807) is 23.1 Å². The summed E-state index contributed by atoms with van der Waals surface area (Å²) in [6.45, 7) is 6.13. The predicted molar refractivity (Wildman–Crippen MR) is 78.6 cm³/mol. The standard InChI is InChI=1S/C15H22N2O3/c1-10(2)17(8-4-5-14(18)19)15(20)12-6-7-13(16)11(3)9-12/h6-7,9-10H,4-5,8,16H2,1-3H3,(H,18,19). The Balaban J connectivity index is 2.82. The van der Waals surface area contributed by atoms with Gasteiger partial charge < -0.3 is 15.7 Å². The Morgan fingerprint density at radius 2 is 2.00 bits per heavy atom. The molecule has 0 atom stereocenters. The van der Waals surface area contributed by atoms with Crippen LogP contribution in [0, 0.1) is 6.92 Å². The van der Waals surface area contributed by atoms with Gasteiger partial charge in [0.05, 0.1) is 0 Å². The van der Waals surface area contributed by atoms with Crippen LogP contribution in [0.1, 0.15) is 42.6 Å². The molecule has 0 spiro atoms. The lowest BCUT2D eigenvalue weighted by molar-refractivity contribution is -0.137. The molecule has 0 radical (unpaired) electrons. The van der Waals surface area contributed by atoms with Crippen LogP contribution in [0.4, 0.5) is 5.69 Å². The zero-order valence-corrected chi connectivity index (χ0v) is 12.2. The highest BCUT2D eigenvalue weighted by Gasteiger charge is 2.19. The van der Waals surface area contributed by atoms with Crippen molar-refractivity contribution in [3.8, 4) is 0 Å². The molecule has 5 heteroatoms. The molecule has 20 heavy (non-hydrogen) atoms. The van der Waals surface area contributed by atoms with Gasteiger partial charge in [-0.15, -0.1) is 0 Å². The number of aliphatic carboxylic acids is 1. The SMILES string of the molecule is Cc1cc(C(=O)N(CCCC(=O)O)C(C)C)ccc1N. The molecule has 0 saturated carbocycles. The van der Waals surface area contributed by atoms with E-state index in [-0.39, 0.29) is 18.4 Å². The molecule has 1 rings (SSSR count). The van der Waals surface area contributed by atoms with Crippen LogP contribution in [0.3, 0.4) is 0 Å². The van der Waals surface area contributed by atoms with Crippen molar-refractivity contribution in [2.75, 3.05) is 12.3 Å². The van der Waals surface area contributed by atoms with Gasteiger partial charge in [-0.2, -0.15) is 0 Å². The second-order valence-corrected chi connectivity index (χ2v) is 5.16. The third kappa shape index (κ3) is 4.26. The van der Waals surface area contributed by atoms with Gasteiger partial charge in [-0.3, -0.25) is 9.59 Å². The molecular formula is C15H22N2O3. The fraction of sp³-hybridized carbons (Fsp3) is 0.467. The van der Waals surface area contributed by atoms with Gasteiger partial charge in [0, 0.05) is 30.3 Å². The number of anilines is 1. The van der Waals surface area contributed by atoms with E-state index in [1.165, 1.54) is 0 Å². The second kappa shape index (κ2) is 6.93. The number of carboxylic acids is 1. The minimum atomic E-state index is -0.843. The van der Waals surface area contributed by atoms with E-state index in [1.807, 2.05) is 20.8 Å². The number of carbonyl (C=O) groups excluding carboxylic acids is 1. The number of hydrogen-bond donors (Lipinski definition) is 2. The van der Waals surface area contributed by atoms with Crippen LogP contribution in [-0.4, -0.2) is 34.5 Å². The van der Waals surface area contributed by atoms with Crippen LogP contribution >= 0.6 is 0 Å². The Bertz CT molecular complexity index is 498. The third-order valence-corrected chi connectivity index (χ3v) is 3.19. The molecule has 110 valence electrons. The minimum Gasteiger partial charge on any atom is -0.481 e. The summed E-state index contributed by atoms with van der Waals surface area (Å²) in [7, 11) is 0. The third-order valence-electron chi connectivity index (χ3n) is 3.19. The summed E-state index contributed by atoms with van der Waals surface area (Å²) in [6, 6.07) is 5.22. The molecule has 0 aliphatic heterocycles. The highest BCUT2D eigenvalue weighted by Crippen LogP contribution is 2.16. The molecule has 1 aromatic rings. The fourth-order valence-corrected chi connectivity index (χ4v) is 1.97. The zero-order chi connectivity index (χ0) is 15.3. The number of carbonyl (C=O) groups is 2. The quantitative estimate of drug-likeness (QED) is 0.782. The van der Waals surface area contributed by atoms with Crippen LogP contribution in [0.2, 0.25) is 0 Å². The van der Waals surface area contributed by atoms with E-state index in [4.69, 9.17) is 10.8 Å². The molecule has 0 fully saturated rings. The summed E-state index contributed by atoms with van der Waals surface area (Å²) >= 11 is 0. The fourth-order valence-electron chi connectivity index (χ4n) is 1.97. The molecule has 0 bridgehead atoms. The second-order valence-electron chi connectivity index (χ2n) is 5.16. The minimum absolute atomic E-state index is 0.0224. The first-order valence-corrected chi connectivity index (χ1v) is 6.71. The molecule has 0 unspecified atom stereocenters. The summed E-state index contributed by atoms with van der Waals surface area (Å²) in [5.41, 5.74) is 7.85. The number of rotatable bonds is 6. The smallest absolute Gasteiger partial charge is 0.303 e. The number of carboxylic acid groups (broad SMARTS) is 1. The number of amides is 1. The summed E-state index contributed by atoms with van der Waals surface area (Å²) < 4.78 is 0. The number of nitrogens with two attached hydrogens (primary N) is 1. The average molecular weight is 278 g/mol. The van der Waals surface area contributed by atoms with Gasteiger partial charge in [-0.25, -0.2) is 0 Å². The van der Waals surface area contributed by atoms with Crippen LogP contribution < -0.4 is 5.73 Å². The van der Waals surface area contributed by atoms with E-state index in [9.17, 15) is 9.59 Å². The highest BCUT2D eigenvalue weighted by atomic mass is 16.4. The Hall–Kier alpha value is -2.04. The van der Waals surface area contributed by atoms with Crippen LogP contribution in [0.15, 0.2) is 18.2 Å². The van der Waals surface area contributed by atoms with Crippen molar-refractivity contribution in [3.63, 3.8) is 0 Å². The zero-order valence-electron chi connectivity index (χ0n) is 12.2. The maximum atomic E-state index is 12.5. The first-order chi connectivity index (χ1) is 9.32. The van der Waals surface area contributed by atoms with Gasteiger partial charge in [-0.1, -0.05) is 0 Å².